The fourth-order valence-corrected chi connectivity index (χ4v) is 0.820. The number of hydrogen-bond acceptors (Lipinski definition) is 3. The zero-order valence-corrected chi connectivity index (χ0v) is 8.04. The van der Waals surface area contributed by atoms with Crippen LogP contribution in [0.15, 0.2) is 0 Å². The van der Waals surface area contributed by atoms with E-state index in [1.807, 2.05) is 13.8 Å². The van der Waals surface area contributed by atoms with Crippen LogP contribution in [0.4, 0.5) is 0 Å². The smallest absolute Gasteiger partial charge is 0.237 e. The van der Waals surface area contributed by atoms with E-state index in [1.54, 1.807) is 0 Å². The Morgan fingerprint density at radius 2 is 1.92 bits per heavy atom. The van der Waals surface area contributed by atoms with E-state index in [9.17, 15) is 9.59 Å². The molecule has 0 rings (SSSR count). The molecule has 0 aliphatic rings. The quantitative estimate of drug-likeness (QED) is 0.520. The number of hydrogen-bond donors (Lipinski definition) is 3. The highest BCUT2D eigenvalue weighted by atomic mass is 16.2. The van der Waals surface area contributed by atoms with Gasteiger partial charge in [0.05, 0.1) is 6.04 Å². The summed E-state index contributed by atoms with van der Waals surface area (Å²) < 4.78 is 0. The Kier molecular flexibility index (Phi) is 5.06. The predicted molar refractivity (Wildman–Crippen MR) is 49.7 cm³/mol. The van der Waals surface area contributed by atoms with Crippen LogP contribution in [0.3, 0.4) is 0 Å². The summed E-state index contributed by atoms with van der Waals surface area (Å²) in [5.41, 5.74) is 10.4. The van der Waals surface area contributed by atoms with Gasteiger partial charge in [-0.2, -0.15) is 0 Å². The average molecular weight is 187 g/mol. The average Bonchev–Trinajstić information content (AvgIpc) is 1.98. The summed E-state index contributed by atoms with van der Waals surface area (Å²) in [6.07, 6.45) is 0.445. The van der Waals surface area contributed by atoms with E-state index >= 15 is 0 Å². The molecule has 0 aliphatic heterocycles. The lowest BCUT2D eigenvalue weighted by atomic mass is 10.1. The Hall–Kier alpha value is -1.10. The highest BCUT2D eigenvalue weighted by molar-refractivity contribution is 5.82. The van der Waals surface area contributed by atoms with Crippen LogP contribution in [0.5, 0.6) is 0 Å². The maximum atomic E-state index is 11.2. The van der Waals surface area contributed by atoms with E-state index in [0.29, 0.717) is 6.42 Å². The summed E-state index contributed by atoms with van der Waals surface area (Å²) in [6.45, 7) is 3.69. The molecule has 0 spiro atoms. The topological polar surface area (TPSA) is 98.2 Å². The van der Waals surface area contributed by atoms with Crippen LogP contribution in [0.2, 0.25) is 0 Å². The van der Waals surface area contributed by atoms with E-state index in [-0.39, 0.29) is 18.4 Å². The molecule has 13 heavy (non-hydrogen) atoms. The fourth-order valence-electron chi connectivity index (χ4n) is 0.820. The van der Waals surface area contributed by atoms with Crippen molar-refractivity contribution in [2.75, 3.05) is 0 Å². The molecule has 1 atom stereocenters. The first-order valence-electron chi connectivity index (χ1n) is 4.27. The van der Waals surface area contributed by atoms with Crippen molar-refractivity contribution < 1.29 is 9.59 Å². The van der Waals surface area contributed by atoms with Crippen molar-refractivity contribution >= 4 is 11.8 Å². The summed E-state index contributed by atoms with van der Waals surface area (Å²) in [5, 5.41) is 2.65. The van der Waals surface area contributed by atoms with Crippen LogP contribution in [-0.2, 0) is 9.59 Å². The number of nitrogens with one attached hydrogen (secondary N) is 1. The van der Waals surface area contributed by atoms with E-state index < -0.39 is 11.9 Å². The Bertz CT molecular complexity index is 192. The molecule has 5 heteroatoms. The van der Waals surface area contributed by atoms with Crippen molar-refractivity contribution in [3.05, 3.63) is 0 Å². The summed E-state index contributed by atoms with van der Waals surface area (Å²) >= 11 is 0. The van der Waals surface area contributed by atoms with Gasteiger partial charge >= 0.3 is 0 Å². The molecule has 0 aromatic rings. The molecular weight excluding hydrogens is 170 g/mol. The summed E-state index contributed by atoms with van der Waals surface area (Å²) in [7, 11) is 0. The summed E-state index contributed by atoms with van der Waals surface area (Å²) in [4.78, 5) is 21.6. The molecule has 0 unspecified atom stereocenters. The molecule has 2 amide bonds. The van der Waals surface area contributed by atoms with Crippen molar-refractivity contribution in [1.82, 2.24) is 5.32 Å². The van der Waals surface area contributed by atoms with Gasteiger partial charge in [0, 0.05) is 12.5 Å². The van der Waals surface area contributed by atoms with Gasteiger partial charge in [0.2, 0.25) is 11.8 Å². The van der Waals surface area contributed by atoms with Gasteiger partial charge in [-0.05, 0) is 20.3 Å². The first-order valence-corrected chi connectivity index (χ1v) is 4.27. The monoisotopic (exact) mass is 187 g/mol. The summed E-state index contributed by atoms with van der Waals surface area (Å²) in [6, 6.07) is -0.581. The molecule has 5 nitrogen and oxygen atoms in total. The highest BCUT2D eigenvalue weighted by Crippen LogP contribution is 1.94. The molecule has 0 fully saturated rings. The van der Waals surface area contributed by atoms with Crippen LogP contribution >= 0.6 is 0 Å². The van der Waals surface area contributed by atoms with E-state index in [4.69, 9.17) is 11.5 Å². The molecule has 0 bridgehead atoms. The van der Waals surface area contributed by atoms with Crippen LogP contribution in [0, 0.1) is 0 Å². The van der Waals surface area contributed by atoms with Gasteiger partial charge in [0.15, 0.2) is 0 Å². The lowest BCUT2D eigenvalue weighted by molar-refractivity contribution is -0.123. The Morgan fingerprint density at radius 1 is 1.38 bits per heavy atom. The van der Waals surface area contributed by atoms with Crippen LogP contribution in [0.25, 0.3) is 0 Å². The third kappa shape index (κ3) is 6.10. The lowest BCUT2D eigenvalue weighted by Crippen LogP contribution is -2.43. The van der Waals surface area contributed by atoms with E-state index in [0.717, 1.165) is 0 Å². The van der Waals surface area contributed by atoms with Crippen LogP contribution in [0.1, 0.15) is 26.7 Å². The van der Waals surface area contributed by atoms with Gasteiger partial charge in [-0.25, -0.2) is 0 Å². The Morgan fingerprint density at radius 3 is 2.31 bits per heavy atom. The van der Waals surface area contributed by atoms with Crippen molar-refractivity contribution in [2.45, 2.75) is 38.8 Å². The zero-order chi connectivity index (χ0) is 10.4. The molecule has 0 aromatic carbocycles. The summed E-state index contributed by atoms with van der Waals surface area (Å²) in [5.74, 6) is -0.677. The van der Waals surface area contributed by atoms with Crippen molar-refractivity contribution in [2.24, 2.45) is 11.5 Å². The molecule has 0 aromatic heterocycles. The fraction of sp³-hybridized carbons (Fsp3) is 0.750. The van der Waals surface area contributed by atoms with Gasteiger partial charge in [-0.3, -0.25) is 9.59 Å². The number of carbonyl (C=O) groups excluding carboxylic acids is 2. The molecule has 76 valence electrons. The number of amides is 2. The van der Waals surface area contributed by atoms with E-state index in [1.165, 1.54) is 0 Å². The third-order valence-electron chi connectivity index (χ3n) is 1.47. The predicted octanol–water partition coefficient (Wildman–Crippen LogP) is -0.896. The second kappa shape index (κ2) is 5.53. The van der Waals surface area contributed by atoms with Gasteiger partial charge in [0.1, 0.15) is 0 Å². The Labute approximate surface area is 77.8 Å². The number of primary amides is 1. The molecule has 0 saturated carbocycles. The third-order valence-corrected chi connectivity index (χ3v) is 1.47. The molecule has 0 heterocycles. The molecule has 5 N–H and O–H groups in total. The SMILES string of the molecule is CC(C)NC(=O)[C@@H](N)CCC(N)=O. The lowest BCUT2D eigenvalue weighted by Gasteiger charge is -2.13. The normalized spacial score (nSPS) is 12.6. The number of nitrogens with two attached hydrogens (primary N) is 2. The second-order valence-corrected chi connectivity index (χ2v) is 3.27. The van der Waals surface area contributed by atoms with Crippen LogP contribution in [-0.4, -0.2) is 23.9 Å². The maximum Gasteiger partial charge on any atom is 0.237 e. The minimum absolute atomic E-state index is 0.0622. The van der Waals surface area contributed by atoms with Gasteiger partial charge in [-0.15, -0.1) is 0 Å². The van der Waals surface area contributed by atoms with Crippen molar-refractivity contribution in [3.63, 3.8) is 0 Å². The van der Waals surface area contributed by atoms with E-state index in [2.05, 4.69) is 5.32 Å². The molecular formula is C8H17N3O2. The standard InChI is InChI=1S/C8H17N3O2/c1-5(2)11-8(13)6(9)3-4-7(10)12/h5-6H,3-4,9H2,1-2H3,(H2,10,12)(H,11,13)/t6-/m0/s1. The first kappa shape index (κ1) is 11.9. The molecule has 0 saturated heterocycles. The molecule has 0 aliphatic carbocycles. The minimum atomic E-state index is -0.644. The second-order valence-electron chi connectivity index (χ2n) is 3.27. The van der Waals surface area contributed by atoms with Crippen molar-refractivity contribution in [3.8, 4) is 0 Å². The number of carbonyl (C=O) groups is 2. The maximum absolute atomic E-state index is 11.2. The first-order chi connectivity index (χ1) is 5.93. The zero-order valence-electron chi connectivity index (χ0n) is 8.04. The van der Waals surface area contributed by atoms with Gasteiger partial charge in [0.25, 0.3) is 0 Å². The van der Waals surface area contributed by atoms with Gasteiger partial charge < -0.3 is 16.8 Å². The molecule has 0 radical (unpaired) electrons. The Balaban J connectivity index is 3.76. The largest absolute Gasteiger partial charge is 0.370 e. The highest BCUT2D eigenvalue weighted by Gasteiger charge is 2.14. The number of rotatable bonds is 5. The van der Waals surface area contributed by atoms with Crippen molar-refractivity contribution in [1.29, 1.82) is 0 Å². The van der Waals surface area contributed by atoms with Crippen LogP contribution < -0.4 is 16.8 Å². The minimum Gasteiger partial charge on any atom is -0.370 e. The van der Waals surface area contributed by atoms with Gasteiger partial charge in [-0.1, -0.05) is 0 Å².